The van der Waals surface area contributed by atoms with Crippen molar-refractivity contribution in [2.24, 2.45) is 0 Å². The number of anilines is 1. The van der Waals surface area contributed by atoms with Crippen molar-refractivity contribution in [3.8, 4) is 0 Å². The lowest BCUT2D eigenvalue weighted by Gasteiger charge is -2.43. The number of rotatable bonds is 6. The predicted octanol–water partition coefficient (Wildman–Crippen LogP) is 4.42. The van der Waals surface area contributed by atoms with Crippen LogP contribution in [0.25, 0.3) is 0 Å². The SMILES string of the molecule is CCc1ccccc1NC(=O)CN(C)C(=O)C1(c2ccc(Cl)cc2)CCC1. The molecule has 1 aliphatic rings. The Balaban J connectivity index is 1.69. The number of aryl methyl sites for hydroxylation is 1. The highest BCUT2D eigenvalue weighted by atomic mass is 35.5. The summed E-state index contributed by atoms with van der Waals surface area (Å²) in [5, 5.41) is 3.59. The molecule has 0 aromatic heterocycles. The van der Waals surface area contributed by atoms with E-state index in [0.29, 0.717) is 5.02 Å². The van der Waals surface area contributed by atoms with E-state index in [1.165, 1.54) is 4.90 Å². The summed E-state index contributed by atoms with van der Waals surface area (Å²) >= 11 is 5.99. The summed E-state index contributed by atoms with van der Waals surface area (Å²) in [7, 11) is 1.70. The van der Waals surface area contributed by atoms with E-state index in [-0.39, 0.29) is 18.4 Å². The van der Waals surface area contributed by atoms with Crippen molar-refractivity contribution in [1.82, 2.24) is 4.90 Å². The molecule has 0 heterocycles. The third kappa shape index (κ3) is 4.01. The van der Waals surface area contributed by atoms with Crippen molar-refractivity contribution < 1.29 is 9.59 Å². The normalized spacial score (nSPS) is 14.9. The summed E-state index contributed by atoms with van der Waals surface area (Å²) in [6, 6.07) is 15.2. The maximum atomic E-state index is 13.2. The second kappa shape index (κ2) is 8.13. The second-order valence-electron chi connectivity index (χ2n) is 7.16. The Morgan fingerprint density at radius 2 is 1.78 bits per heavy atom. The van der Waals surface area contributed by atoms with Crippen LogP contribution >= 0.6 is 11.6 Å². The Morgan fingerprint density at radius 3 is 2.37 bits per heavy atom. The minimum atomic E-state index is -0.527. The van der Waals surface area contributed by atoms with Crippen molar-refractivity contribution in [2.45, 2.75) is 38.0 Å². The highest BCUT2D eigenvalue weighted by Gasteiger charge is 2.47. The third-order valence-corrected chi connectivity index (χ3v) is 5.67. The zero-order chi connectivity index (χ0) is 19.4. The smallest absolute Gasteiger partial charge is 0.243 e. The van der Waals surface area contributed by atoms with Crippen LogP contribution in [0.1, 0.15) is 37.3 Å². The molecule has 0 saturated heterocycles. The van der Waals surface area contributed by atoms with Crippen LogP contribution in [0.4, 0.5) is 5.69 Å². The summed E-state index contributed by atoms with van der Waals surface area (Å²) in [5.41, 5.74) is 2.34. The van der Waals surface area contributed by atoms with Gasteiger partial charge in [-0.05, 0) is 48.6 Å². The average molecular weight is 385 g/mol. The summed E-state index contributed by atoms with van der Waals surface area (Å²) in [4.78, 5) is 27.2. The molecule has 4 nitrogen and oxygen atoms in total. The van der Waals surface area contributed by atoms with Crippen LogP contribution in [0, 0.1) is 0 Å². The topological polar surface area (TPSA) is 49.4 Å². The van der Waals surface area contributed by atoms with Crippen LogP contribution in [0.2, 0.25) is 5.02 Å². The van der Waals surface area contributed by atoms with Crippen molar-refractivity contribution in [3.63, 3.8) is 0 Å². The van der Waals surface area contributed by atoms with E-state index in [2.05, 4.69) is 5.32 Å². The molecule has 0 bridgehead atoms. The molecular formula is C22H25ClN2O2. The van der Waals surface area contributed by atoms with E-state index >= 15 is 0 Å². The van der Waals surface area contributed by atoms with E-state index in [0.717, 1.165) is 42.5 Å². The van der Waals surface area contributed by atoms with Gasteiger partial charge < -0.3 is 10.2 Å². The molecule has 1 aliphatic carbocycles. The fourth-order valence-corrected chi connectivity index (χ4v) is 3.84. The molecule has 0 aliphatic heterocycles. The number of carbonyl (C=O) groups is 2. The van der Waals surface area contributed by atoms with E-state index in [1.54, 1.807) is 7.05 Å². The molecule has 2 aromatic carbocycles. The van der Waals surface area contributed by atoms with Gasteiger partial charge in [-0.1, -0.05) is 55.3 Å². The Morgan fingerprint density at radius 1 is 1.11 bits per heavy atom. The highest BCUT2D eigenvalue weighted by Crippen LogP contribution is 2.45. The highest BCUT2D eigenvalue weighted by molar-refractivity contribution is 6.30. The number of hydrogen-bond acceptors (Lipinski definition) is 2. The monoisotopic (exact) mass is 384 g/mol. The first-order valence-corrected chi connectivity index (χ1v) is 9.73. The molecule has 1 fully saturated rings. The maximum Gasteiger partial charge on any atom is 0.243 e. The molecular weight excluding hydrogens is 360 g/mol. The van der Waals surface area contributed by atoms with Gasteiger partial charge in [-0.2, -0.15) is 0 Å². The zero-order valence-corrected chi connectivity index (χ0v) is 16.6. The van der Waals surface area contributed by atoms with E-state index in [9.17, 15) is 9.59 Å². The average Bonchev–Trinajstić information content (AvgIpc) is 2.62. The minimum absolute atomic E-state index is 0.00463. The van der Waals surface area contributed by atoms with Crippen molar-refractivity contribution in [1.29, 1.82) is 0 Å². The van der Waals surface area contributed by atoms with Gasteiger partial charge in [0.1, 0.15) is 0 Å². The van der Waals surface area contributed by atoms with Crippen LogP contribution < -0.4 is 5.32 Å². The molecule has 27 heavy (non-hydrogen) atoms. The molecule has 0 unspecified atom stereocenters. The van der Waals surface area contributed by atoms with Crippen LogP contribution in [-0.4, -0.2) is 30.3 Å². The number of nitrogens with zero attached hydrogens (tertiary/aromatic N) is 1. The van der Waals surface area contributed by atoms with Crippen molar-refractivity contribution in [3.05, 3.63) is 64.7 Å². The number of nitrogens with one attached hydrogen (secondary N) is 1. The van der Waals surface area contributed by atoms with Crippen LogP contribution in [0.5, 0.6) is 0 Å². The van der Waals surface area contributed by atoms with Gasteiger partial charge >= 0.3 is 0 Å². The van der Waals surface area contributed by atoms with Crippen molar-refractivity contribution in [2.75, 3.05) is 18.9 Å². The Kier molecular flexibility index (Phi) is 5.85. The quantitative estimate of drug-likeness (QED) is 0.801. The molecule has 1 saturated carbocycles. The lowest BCUT2D eigenvalue weighted by Crippen LogP contribution is -2.51. The number of amides is 2. The Bertz CT molecular complexity index is 828. The molecule has 5 heteroatoms. The molecule has 142 valence electrons. The van der Waals surface area contributed by atoms with Gasteiger partial charge in [0.25, 0.3) is 0 Å². The molecule has 0 radical (unpaired) electrons. The lowest BCUT2D eigenvalue weighted by atomic mass is 9.63. The van der Waals surface area contributed by atoms with E-state index in [4.69, 9.17) is 11.6 Å². The number of halogens is 1. The van der Waals surface area contributed by atoms with Gasteiger partial charge in [0, 0.05) is 17.8 Å². The summed E-state index contributed by atoms with van der Waals surface area (Å²) in [6.07, 6.45) is 3.46. The second-order valence-corrected chi connectivity index (χ2v) is 7.60. The van der Waals surface area contributed by atoms with Gasteiger partial charge in [0.15, 0.2) is 0 Å². The molecule has 0 atom stereocenters. The largest absolute Gasteiger partial charge is 0.336 e. The first-order chi connectivity index (χ1) is 13.0. The number of hydrogen-bond donors (Lipinski definition) is 1. The van der Waals surface area contributed by atoms with E-state index < -0.39 is 5.41 Å². The molecule has 1 N–H and O–H groups in total. The molecule has 3 rings (SSSR count). The molecule has 2 amide bonds. The lowest BCUT2D eigenvalue weighted by molar-refractivity contribution is -0.141. The number of carbonyl (C=O) groups excluding carboxylic acids is 2. The van der Waals surface area contributed by atoms with E-state index in [1.807, 2.05) is 55.5 Å². The first kappa shape index (κ1) is 19.4. The van der Waals surface area contributed by atoms with Gasteiger partial charge in [-0.25, -0.2) is 0 Å². The predicted molar refractivity (Wildman–Crippen MR) is 109 cm³/mol. The number of benzene rings is 2. The van der Waals surface area contributed by atoms with Crippen LogP contribution in [-0.2, 0) is 21.4 Å². The minimum Gasteiger partial charge on any atom is -0.336 e. The van der Waals surface area contributed by atoms with Gasteiger partial charge in [-0.3, -0.25) is 9.59 Å². The van der Waals surface area contributed by atoms with Crippen molar-refractivity contribution >= 4 is 29.1 Å². The Hall–Kier alpha value is -2.33. The summed E-state index contributed by atoms with van der Waals surface area (Å²) < 4.78 is 0. The first-order valence-electron chi connectivity index (χ1n) is 9.35. The summed E-state index contributed by atoms with van der Waals surface area (Å²) in [6.45, 7) is 2.08. The van der Waals surface area contributed by atoms with Gasteiger partial charge in [-0.15, -0.1) is 0 Å². The standard InChI is InChI=1S/C22H25ClN2O2/c1-3-16-7-4-5-8-19(16)24-20(26)15-25(2)21(27)22(13-6-14-22)17-9-11-18(23)12-10-17/h4-5,7-12H,3,6,13-15H2,1-2H3,(H,24,26). The number of likely N-dealkylation sites (N-methyl/N-ethyl adjacent to an activating group) is 1. The summed E-state index contributed by atoms with van der Waals surface area (Å²) in [5.74, 6) is -0.188. The molecule has 2 aromatic rings. The number of para-hydroxylation sites is 1. The van der Waals surface area contributed by atoms with Gasteiger partial charge in [0.05, 0.1) is 12.0 Å². The fraction of sp³-hybridized carbons (Fsp3) is 0.364. The zero-order valence-electron chi connectivity index (χ0n) is 15.8. The molecule has 0 spiro atoms. The fourth-order valence-electron chi connectivity index (χ4n) is 3.72. The van der Waals surface area contributed by atoms with Crippen LogP contribution in [0.3, 0.4) is 0 Å². The Labute approximate surface area is 165 Å². The maximum absolute atomic E-state index is 13.2. The van der Waals surface area contributed by atoms with Crippen LogP contribution in [0.15, 0.2) is 48.5 Å². The van der Waals surface area contributed by atoms with Gasteiger partial charge in [0.2, 0.25) is 11.8 Å². The third-order valence-electron chi connectivity index (χ3n) is 5.41.